The SMILES string of the molecule is CC(C)c1nc(Oc2cccc(O)c2)cc(=O)[nH]1. The summed E-state index contributed by atoms with van der Waals surface area (Å²) in [4.78, 5) is 18.3. The second kappa shape index (κ2) is 4.91. The van der Waals surface area contributed by atoms with Crippen LogP contribution in [0.15, 0.2) is 35.1 Å². The number of ether oxygens (including phenoxy) is 1. The Morgan fingerprint density at radius 2 is 2.11 bits per heavy atom. The topological polar surface area (TPSA) is 75.2 Å². The second-order valence-corrected chi connectivity index (χ2v) is 4.22. The largest absolute Gasteiger partial charge is 0.508 e. The van der Waals surface area contributed by atoms with Crippen molar-refractivity contribution in [3.05, 3.63) is 46.5 Å². The number of phenolic OH excluding ortho intramolecular Hbond substituents is 1. The highest BCUT2D eigenvalue weighted by molar-refractivity contribution is 5.34. The number of rotatable bonds is 3. The van der Waals surface area contributed by atoms with Crippen LogP contribution < -0.4 is 10.3 Å². The lowest BCUT2D eigenvalue weighted by Gasteiger charge is -2.08. The first-order chi connectivity index (χ1) is 8.54. The van der Waals surface area contributed by atoms with Gasteiger partial charge in [0.1, 0.15) is 17.3 Å². The van der Waals surface area contributed by atoms with Gasteiger partial charge in [-0.15, -0.1) is 0 Å². The Labute approximate surface area is 104 Å². The molecule has 0 saturated carbocycles. The molecule has 0 bridgehead atoms. The molecule has 0 atom stereocenters. The highest BCUT2D eigenvalue weighted by Crippen LogP contribution is 2.23. The number of benzene rings is 1. The Balaban J connectivity index is 2.32. The number of aromatic amines is 1. The lowest BCUT2D eigenvalue weighted by atomic mass is 10.2. The third-order valence-electron chi connectivity index (χ3n) is 2.32. The van der Waals surface area contributed by atoms with E-state index in [-0.39, 0.29) is 23.1 Å². The lowest BCUT2D eigenvalue weighted by Crippen LogP contribution is -2.11. The predicted molar refractivity (Wildman–Crippen MR) is 67.1 cm³/mol. The standard InChI is InChI=1S/C13H14N2O3/c1-8(2)13-14-11(17)7-12(15-13)18-10-5-3-4-9(16)6-10/h3-8,16H,1-2H3,(H,14,15,17). The minimum Gasteiger partial charge on any atom is -0.508 e. The van der Waals surface area contributed by atoms with Gasteiger partial charge in [0.2, 0.25) is 5.88 Å². The molecule has 0 spiro atoms. The van der Waals surface area contributed by atoms with E-state index >= 15 is 0 Å². The molecule has 1 aromatic carbocycles. The molecule has 0 saturated heterocycles. The van der Waals surface area contributed by atoms with Crippen molar-refractivity contribution in [2.45, 2.75) is 19.8 Å². The minimum atomic E-state index is -0.260. The molecule has 0 aliphatic carbocycles. The van der Waals surface area contributed by atoms with Crippen molar-refractivity contribution in [1.82, 2.24) is 9.97 Å². The van der Waals surface area contributed by atoms with E-state index in [4.69, 9.17) is 4.74 Å². The summed E-state index contributed by atoms with van der Waals surface area (Å²) in [7, 11) is 0. The van der Waals surface area contributed by atoms with Crippen molar-refractivity contribution in [3.8, 4) is 17.4 Å². The fourth-order valence-electron chi connectivity index (χ4n) is 1.45. The first-order valence-electron chi connectivity index (χ1n) is 5.63. The predicted octanol–water partition coefficient (Wildman–Crippen LogP) is 2.39. The molecule has 2 N–H and O–H groups in total. The van der Waals surface area contributed by atoms with Crippen molar-refractivity contribution in [2.24, 2.45) is 0 Å². The molecule has 0 radical (unpaired) electrons. The molecule has 2 rings (SSSR count). The molecule has 0 aliphatic heterocycles. The maximum absolute atomic E-state index is 11.4. The van der Waals surface area contributed by atoms with Gasteiger partial charge in [-0.3, -0.25) is 4.79 Å². The van der Waals surface area contributed by atoms with Crippen molar-refractivity contribution >= 4 is 0 Å². The first-order valence-corrected chi connectivity index (χ1v) is 5.63. The summed E-state index contributed by atoms with van der Waals surface area (Å²) in [5, 5.41) is 9.32. The van der Waals surface area contributed by atoms with Gasteiger partial charge in [-0.2, -0.15) is 4.98 Å². The fourth-order valence-corrected chi connectivity index (χ4v) is 1.45. The van der Waals surface area contributed by atoms with E-state index in [1.165, 1.54) is 18.2 Å². The molecule has 0 amide bonds. The molecule has 0 unspecified atom stereocenters. The molecule has 0 aliphatic rings. The van der Waals surface area contributed by atoms with E-state index < -0.39 is 0 Å². The molecular formula is C13H14N2O3. The molecule has 0 fully saturated rings. The van der Waals surface area contributed by atoms with E-state index in [1.54, 1.807) is 12.1 Å². The third kappa shape index (κ3) is 2.88. The van der Waals surface area contributed by atoms with Crippen molar-refractivity contribution in [3.63, 3.8) is 0 Å². The minimum absolute atomic E-state index is 0.0985. The molecule has 5 nitrogen and oxygen atoms in total. The van der Waals surface area contributed by atoms with Crippen LogP contribution in [-0.4, -0.2) is 15.1 Å². The number of nitrogens with one attached hydrogen (secondary N) is 1. The summed E-state index contributed by atoms with van der Waals surface area (Å²) in [5.41, 5.74) is -0.260. The van der Waals surface area contributed by atoms with Gasteiger partial charge in [-0.1, -0.05) is 19.9 Å². The van der Waals surface area contributed by atoms with Crippen LogP contribution in [0, 0.1) is 0 Å². The van der Waals surface area contributed by atoms with Crippen molar-refractivity contribution < 1.29 is 9.84 Å². The Hall–Kier alpha value is -2.30. The average molecular weight is 246 g/mol. The summed E-state index contributed by atoms with van der Waals surface area (Å²) in [5.74, 6) is 1.42. The van der Waals surface area contributed by atoms with Gasteiger partial charge in [0.25, 0.3) is 5.56 Å². The number of nitrogens with zero attached hydrogens (tertiary/aromatic N) is 1. The highest BCUT2D eigenvalue weighted by Gasteiger charge is 2.07. The van der Waals surface area contributed by atoms with Crippen LogP contribution in [0.5, 0.6) is 17.4 Å². The normalized spacial score (nSPS) is 10.6. The van der Waals surface area contributed by atoms with Gasteiger partial charge in [-0.05, 0) is 12.1 Å². The Bertz CT molecular complexity index is 605. The van der Waals surface area contributed by atoms with Gasteiger partial charge in [0.15, 0.2) is 0 Å². The Kier molecular flexibility index (Phi) is 3.32. The number of H-pyrrole nitrogens is 1. The summed E-state index contributed by atoms with van der Waals surface area (Å²) in [6.07, 6.45) is 0. The number of hydrogen-bond donors (Lipinski definition) is 2. The van der Waals surface area contributed by atoms with Crippen LogP contribution in [-0.2, 0) is 0 Å². The van der Waals surface area contributed by atoms with E-state index in [9.17, 15) is 9.90 Å². The Morgan fingerprint density at radius 3 is 2.78 bits per heavy atom. The van der Waals surface area contributed by atoms with Crippen LogP contribution >= 0.6 is 0 Å². The van der Waals surface area contributed by atoms with Crippen LogP contribution in [0.1, 0.15) is 25.6 Å². The maximum Gasteiger partial charge on any atom is 0.254 e. The maximum atomic E-state index is 11.4. The van der Waals surface area contributed by atoms with Crippen LogP contribution in [0.2, 0.25) is 0 Å². The van der Waals surface area contributed by atoms with Gasteiger partial charge < -0.3 is 14.8 Å². The van der Waals surface area contributed by atoms with Crippen molar-refractivity contribution in [1.29, 1.82) is 0 Å². The molecule has 94 valence electrons. The summed E-state index contributed by atoms with van der Waals surface area (Å²) in [6.45, 7) is 3.85. The Morgan fingerprint density at radius 1 is 1.33 bits per heavy atom. The molecule has 18 heavy (non-hydrogen) atoms. The van der Waals surface area contributed by atoms with E-state index in [0.29, 0.717) is 11.6 Å². The summed E-state index contributed by atoms with van der Waals surface area (Å²) < 4.78 is 5.44. The van der Waals surface area contributed by atoms with Crippen LogP contribution in [0.3, 0.4) is 0 Å². The number of aromatic hydroxyl groups is 1. The molecule has 2 aromatic rings. The first kappa shape index (κ1) is 12.2. The second-order valence-electron chi connectivity index (χ2n) is 4.22. The average Bonchev–Trinajstić information content (AvgIpc) is 2.28. The molecule has 5 heteroatoms. The molecule has 1 aromatic heterocycles. The monoisotopic (exact) mass is 246 g/mol. The van der Waals surface area contributed by atoms with Gasteiger partial charge in [0.05, 0.1) is 6.07 Å². The number of hydrogen-bond acceptors (Lipinski definition) is 4. The highest BCUT2D eigenvalue weighted by atomic mass is 16.5. The van der Waals surface area contributed by atoms with E-state index in [2.05, 4.69) is 9.97 Å². The van der Waals surface area contributed by atoms with Crippen LogP contribution in [0.4, 0.5) is 0 Å². The lowest BCUT2D eigenvalue weighted by molar-refractivity contribution is 0.441. The van der Waals surface area contributed by atoms with E-state index in [1.807, 2.05) is 13.8 Å². The zero-order chi connectivity index (χ0) is 13.1. The van der Waals surface area contributed by atoms with Crippen molar-refractivity contribution in [2.75, 3.05) is 0 Å². The van der Waals surface area contributed by atoms with Gasteiger partial charge >= 0.3 is 0 Å². The van der Waals surface area contributed by atoms with Gasteiger partial charge in [0, 0.05) is 12.0 Å². The third-order valence-corrected chi connectivity index (χ3v) is 2.32. The zero-order valence-electron chi connectivity index (χ0n) is 10.2. The smallest absolute Gasteiger partial charge is 0.254 e. The quantitative estimate of drug-likeness (QED) is 0.871. The fraction of sp³-hybridized carbons (Fsp3) is 0.231. The zero-order valence-corrected chi connectivity index (χ0v) is 10.2. The van der Waals surface area contributed by atoms with E-state index in [0.717, 1.165) is 0 Å². The van der Waals surface area contributed by atoms with Gasteiger partial charge in [-0.25, -0.2) is 0 Å². The number of aromatic nitrogens is 2. The molecular weight excluding hydrogens is 232 g/mol. The number of phenols is 1. The summed E-state index contributed by atoms with van der Waals surface area (Å²) >= 11 is 0. The molecule has 1 heterocycles. The van der Waals surface area contributed by atoms with Crippen LogP contribution in [0.25, 0.3) is 0 Å². The summed E-state index contributed by atoms with van der Waals surface area (Å²) in [6, 6.07) is 7.60.